The first-order valence-electron chi connectivity index (χ1n) is 9.48. The van der Waals surface area contributed by atoms with Crippen molar-refractivity contribution in [3.8, 4) is 23.0 Å². The van der Waals surface area contributed by atoms with Gasteiger partial charge in [0.05, 0.1) is 0 Å². The molecule has 144 valence electrons. The Morgan fingerprint density at radius 1 is 0.893 bits per heavy atom. The maximum atomic E-state index is 13.2. The van der Waals surface area contributed by atoms with E-state index in [9.17, 15) is 4.79 Å². The molecule has 3 aromatic rings. The minimum atomic E-state index is 0.0647. The smallest absolute Gasteiger partial charge is 0.188 e. The number of carbonyl (C=O) groups excluding carboxylic acids is 1. The van der Waals surface area contributed by atoms with Gasteiger partial charge in [-0.2, -0.15) is 0 Å². The van der Waals surface area contributed by atoms with E-state index in [4.69, 9.17) is 9.47 Å². The second-order valence-electron chi connectivity index (χ2n) is 6.70. The van der Waals surface area contributed by atoms with Crippen LogP contribution in [0.4, 0.5) is 0 Å². The van der Waals surface area contributed by atoms with E-state index in [0.29, 0.717) is 34.2 Å². The van der Waals surface area contributed by atoms with Crippen molar-refractivity contribution in [3.05, 3.63) is 83.9 Å². The zero-order valence-electron chi connectivity index (χ0n) is 16.4. The summed E-state index contributed by atoms with van der Waals surface area (Å²) in [7, 11) is 0.169. The van der Waals surface area contributed by atoms with E-state index in [2.05, 4.69) is 13.8 Å². The standard InChI is InChI=1S/C24H25O3P/c1-4-18(3)28-24(25)22-21(26-19-11-7-5-8-12-19)16-15-17(2)23(22)27-20-13-9-6-10-14-20/h5-16,18,28H,4H2,1-3H3. The van der Waals surface area contributed by atoms with Crippen LogP contribution in [-0.4, -0.2) is 11.2 Å². The number of rotatable bonds is 8. The lowest BCUT2D eigenvalue weighted by Gasteiger charge is -2.18. The maximum Gasteiger partial charge on any atom is 0.188 e. The molecule has 2 atom stereocenters. The largest absolute Gasteiger partial charge is 0.456 e. The third kappa shape index (κ3) is 4.99. The summed E-state index contributed by atoms with van der Waals surface area (Å²) in [6.07, 6.45) is 0.958. The predicted octanol–water partition coefficient (Wildman–Crippen LogP) is 7.20. The number of hydrogen-bond donors (Lipinski definition) is 0. The van der Waals surface area contributed by atoms with E-state index >= 15 is 0 Å². The van der Waals surface area contributed by atoms with E-state index in [1.54, 1.807) is 0 Å². The van der Waals surface area contributed by atoms with Gasteiger partial charge in [-0.3, -0.25) is 4.79 Å². The SMILES string of the molecule is CCC(C)PC(=O)c1c(Oc2ccccc2)ccc(C)c1Oc1ccccc1. The molecule has 0 fully saturated rings. The zero-order chi connectivity index (χ0) is 19.9. The van der Waals surface area contributed by atoms with Crippen LogP contribution in [0.5, 0.6) is 23.0 Å². The second-order valence-corrected chi connectivity index (χ2v) is 8.43. The summed E-state index contributed by atoms with van der Waals surface area (Å²) < 4.78 is 12.2. The Hall–Kier alpha value is -2.64. The highest BCUT2D eigenvalue weighted by molar-refractivity contribution is 7.59. The molecule has 0 saturated heterocycles. The van der Waals surface area contributed by atoms with Crippen LogP contribution in [0.25, 0.3) is 0 Å². The molecule has 0 bridgehead atoms. The molecule has 3 aromatic carbocycles. The van der Waals surface area contributed by atoms with Crippen LogP contribution in [0, 0.1) is 6.92 Å². The minimum Gasteiger partial charge on any atom is -0.456 e. The van der Waals surface area contributed by atoms with E-state index in [1.165, 1.54) is 0 Å². The predicted molar refractivity (Wildman–Crippen MR) is 117 cm³/mol. The average molecular weight is 392 g/mol. The van der Waals surface area contributed by atoms with Crippen molar-refractivity contribution in [2.75, 3.05) is 0 Å². The molecule has 0 aromatic heterocycles. The van der Waals surface area contributed by atoms with Gasteiger partial charge in [-0.1, -0.05) is 56.3 Å². The van der Waals surface area contributed by atoms with E-state index < -0.39 is 0 Å². The summed E-state index contributed by atoms with van der Waals surface area (Å²) >= 11 is 0. The molecule has 0 saturated carbocycles. The quantitative estimate of drug-likeness (QED) is 0.380. The molecule has 3 rings (SSSR count). The van der Waals surface area contributed by atoms with Crippen molar-refractivity contribution in [2.45, 2.75) is 32.9 Å². The number of benzene rings is 3. The molecule has 0 radical (unpaired) electrons. The fraction of sp³-hybridized carbons (Fsp3) is 0.208. The minimum absolute atomic E-state index is 0.0647. The summed E-state index contributed by atoms with van der Waals surface area (Å²) in [6.45, 7) is 6.15. The van der Waals surface area contributed by atoms with Crippen LogP contribution in [0.1, 0.15) is 36.2 Å². The number of carbonyl (C=O) groups is 1. The molecule has 2 unspecified atom stereocenters. The van der Waals surface area contributed by atoms with Crippen LogP contribution < -0.4 is 9.47 Å². The van der Waals surface area contributed by atoms with Crippen molar-refractivity contribution in [1.29, 1.82) is 0 Å². The molecule has 0 amide bonds. The molecule has 28 heavy (non-hydrogen) atoms. The van der Waals surface area contributed by atoms with Gasteiger partial charge < -0.3 is 9.47 Å². The van der Waals surface area contributed by atoms with E-state index in [0.717, 1.165) is 12.0 Å². The van der Waals surface area contributed by atoms with Crippen molar-refractivity contribution >= 4 is 14.1 Å². The van der Waals surface area contributed by atoms with Gasteiger partial charge in [0, 0.05) is 0 Å². The molecule has 4 heteroatoms. The van der Waals surface area contributed by atoms with Gasteiger partial charge >= 0.3 is 0 Å². The first-order valence-corrected chi connectivity index (χ1v) is 10.6. The second kappa shape index (κ2) is 9.52. The highest BCUT2D eigenvalue weighted by atomic mass is 31.1. The summed E-state index contributed by atoms with van der Waals surface area (Å²) in [5, 5.41) is 0. The Morgan fingerprint density at radius 2 is 1.46 bits per heavy atom. The topological polar surface area (TPSA) is 35.5 Å². The first-order chi connectivity index (χ1) is 13.6. The fourth-order valence-corrected chi connectivity index (χ4v) is 3.75. The van der Waals surface area contributed by atoms with Gasteiger partial charge in [0.15, 0.2) is 5.52 Å². The fourth-order valence-electron chi connectivity index (χ4n) is 2.72. The summed E-state index contributed by atoms with van der Waals surface area (Å²) in [4.78, 5) is 13.2. The summed E-state index contributed by atoms with van der Waals surface area (Å²) in [5.74, 6) is 2.49. The summed E-state index contributed by atoms with van der Waals surface area (Å²) in [5.41, 5.74) is 1.81. The average Bonchev–Trinajstić information content (AvgIpc) is 2.72. The molecular weight excluding hydrogens is 367 g/mol. The van der Waals surface area contributed by atoms with Crippen LogP contribution >= 0.6 is 8.58 Å². The van der Waals surface area contributed by atoms with Gasteiger partial charge in [-0.25, -0.2) is 0 Å². The van der Waals surface area contributed by atoms with Gasteiger partial charge in [-0.05, 0) is 63.5 Å². The van der Waals surface area contributed by atoms with Gasteiger partial charge in [0.1, 0.15) is 28.6 Å². The molecule has 0 aliphatic rings. The third-order valence-electron chi connectivity index (χ3n) is 4.47. The molecule has 0 spiro atoms. The molecule has 0 N–H and O–H groups in total. The lowest BCUT2D eigenvalue weighted by atomic mass is 10.1. The van der Waals surface area contributed by atoms with Crippen molar-refractivity contribution in [3.63, 3.8) is 0 Å². The lowest BCUT2D eigenvalue weighted by Crippen LogP contribution is -2.05. The Balaban J connectivity index is 2.05. The number of ether oxygens (including phenoxy) is 2. The van der Waals surface area contributed by atoms with E-state index in [-0.39, 0.29) is 14.1 Å². The number of para-hydroxylation sites is 2. The molecule has 0 heterocycles. The van der Waals surface area contributed by atoms with Crippen LogP contribution in [0.2, 0.25) is 0 Å². The summed E-state index contributed by atoms with van der Waals surface area (Å²) in [6, 6.07) is 22.8. The highest BCUT2D eigenvalue weighted by Crippen LogP contribution is 2.42. The van der Waals surface area contributed by atoms with Crippen molar-refractivity contribution in [2.24, 2.45) is 0 Å². The zero-order valence-corrected chi connectivity index (χ0v) is 17.4. The third-order valence-corrected chi connectivity index (χ3v) is 5.88. The molecular formula is C24H25O3P. The lowest BCUT2D eigenvalue weighted by molar-refractivity contribution is 0.108. The number of aryl methyl sites for hydroxylation is 1. The van der Waals surface area contributed by atoms with Crippen LogP contribution in [0.3, 0.4) is 0 Å². The van der Waals surface area contributed by atoms with Gasteiger partial charge in [0.25, 0.3) is 0 Å². The van der Waals surface area contributed by atoms with Gasteiger partial charge in [-0.15, -0.1) is 0 Å². The number of hydrogen-bond acceptors (Lipinski definition) is 3. The maximum absolute atomic E-state index is 13.2. The Labute approximate surface area is 168 Å². The van der Waals surface area contributed by atoms with E-state index in [1.807, 2.05) is 79.7 Å². The van der Waals surface area contributed by atoms with Crippen molar-refractivity contribution < 1.29 is 14.3 Å². The van der Waals surface area contributed by atoms with Crippen LogP contribution in [0.15, 0.2) is 72.8 Å². The van der Waals surface area contributed by atoms with Gasteiger partial charge in [0.2, 0.25) is 0 Å². The monoisotopic (exact) mass is 392 g/mol. The Bertz CT molecular complexity index is 923. The first kappa shape index (κ1) is 20.1. The Kier molecular flexibility index (Phi) is 6.84. The normalized spacial score (nSPS) is 12.1. The molecule has 0 aliphatic heterocycles. The molecule has 0 aliphatic carbocycles. The highest BCUT2D eigenvalue weighted by Gasteiger charge is 2.23. The molecule has 3 nitrogen and oxygen atoms in total. The Morgan fingerprint density at radius 3 is 2.04 bits per heavy atom. The van der Waals surface area contributed by atoms with Crippen LogP contribution in [-0.2, 0) is 0 Å². The van der Waals surface area contributed by atoms with Crippen molar-refractivity contribution in [1.82, 2.24) is 0 Å².